The molecule has 0 aliphatic rings. The highest BCUT2D eigenvalue weighted by Crippen LogP contribution is 2.17. The summed E-state index contributed by atoms with van der Waals surface area (Å²) in [6.45, 7) is 7.31. The number of nitrogens with zero attached hydrogens (tertiary/aromatic N) is 2. The second-order valence-electron chi connectivity index (χ2n) is 3.46. The van der Waals surface area contributed by atoms with Gasteiger partial charge in [-0.1, -0.05) is 6.92 Å². The minimum atomic E-state index is -0.982. The van der Waals surface area contributed by atoms with E-state index in [2.05, 4.69) is 0 Å². The van der Waals surface area contributed by atoms with E-state index in [9.17, 15) is 4.79 Å². The number of carbonyl (C=O) groups is 1. The number of aliphatic carboxylic acids is 1. The number of likely N-dealkylation sites (N-methyl/N-ethyl adjacent to an activating group) is 1. The Morgan fingerprint density at radius 3 is 2.38 bits per heavy atom. The maximum Gasteiger partial charge on any atom is 0.323 e. The van der Waals surface area contributed by atoms with Gasteiger partial charge in [0.25, 0.3) is 0 Å². The monoisotopic (exact) mass is 184 g/mol. The normalized spacial score (nSPS) is 13.8. The van der Waals surface area contributed by atoms with Gasteiger partial charge in [-0.3, -0.25) is 9.69 Å². The molecule has 0 heterocycles. The van der Waals surface area contributed by atoms with Crippen LogP contribution in [0.15, 0.2) is 0 Å². The van der Waals surface area contributed by atoms with E-state index in [1.807, 2.05) is 13.0 Å². The number of carboxylic acid groups (broad SMARTS) is 1. The lowest BCUT2D eigenvalue weighted by Crippen LogP contribution is -2.53. The highest BCUT2D eigenvalue weighted by Gasteiger charge is 2.36. The lowest BCUT2D eigenvalue weighted by Gasteiger charge is -2.35. The van der Waals surface area contributed by atoms with Gasteiger partial charge in [0.15, 0.2) is 0 Å². The Hall–Kier alpha value is -1.08. The van der Waals surface area contributed by atoms with Crippen LogP contribution in [0.2, 0.25) is 0 Å². The van der Waals surface area contributed by atoms with Crippen molar-refractivity contribution in [3.63, 3.8) is 0 Å². The van der Waals surface area contributed by atoms with Crippen molar-refractivity contribution in [1.82, 2.24) is 4.90 Å². The Morgan fingerprint density at radius 1 is 1.69 bits per heavy atom. The van der Waals surface area contributed by atoms with Crippen molar-refractivity contribution in [3.8, 4) is 6.07 Å². The van der Waals surface area contributed by atoms with Gasteiger partial charge >= 0.3 is 5.97 Å². The zero-order valence-electron chi connectivity index (χ0n) is 8.53. The zero-order valence-corrected chi connectivity index (χ0v) is 8.53. The molecule has 0 aromatic carbocycles. The minimum absolute atomic E-state index is 0.379. The first-order chi connectivity index (χ1) is 5.87. The van der Waals surface area contributed by atoms with E-state index in [1.165, 1.54) is 0 Å². The highest BCUT2D eigenvalue weighted by atomic mass is 16.4. The van der Waals surface area contributed by atoms with Gasteiger partial charge in [0.2, 0.25) is 0 Å². The molecule has 0 aliphatic heterocycles. The summed E-state index contributed by atoms with van der Waals surface area (Å²) in [4.78, 5) is 12.5. The second kappa shape index (κ2) is 4.24. The number of hydrogen-bond donors (Lipinski definition) is 1. The Morgan fingerprint density at radius 2 is 2.15 bits per heavy atom. The van der Waals surface area contributed by atoms with Crippen LogP contribution in [0.25, 0.3) is 0 Å². The number of hydrogen-bond acceptors (Lipinski definition) is 3. The Kier molecular flexibility index (Phi) is 3.89. The molecular formula is C9H16N2O2. The summed E-state index contributed by atoms with van der Waals surface area (Å²) in [5, 5.41) is 17.6. The van der Waals surface area contributed by atoms with E-state index >= 15 is 0 Å². The molecule has 0 aromatic rings. The molecule has 1 unspecified atom stereocenters. The van der Waals surface area contributed by atoms with E-state index in [4.69, 9.17) is 10.4 Å². The molecule has 0 amide bonds. The van der Waals surface area contributed by atoms with Crippen LogP contribution in [-0.4, -0.2) is 34.1 Å². The first-order valence-corrected chi connectivity index (χ1v) is 4.27. The molecule has 0 aliphatic carbocycles. The van der Waals surface area contributed by atoms with E-state index in [-0.39, 0.29) is 6.04 Å². The van der Waals surface area contributed by atoms with Crippen LogP contribution in [0.4, 0.5) is 0 Å². The number of carboxylic acids is 1. The predicted molar refractivity (Wildman–Crippen MR) is 49.2 cm³/mol. The highest BCUT2D eigenvalue weighted by molar-refractivity contribution is 5.77. The summed E-state index contributed by atoms with van der Waals surface area (Å²) < 4.78 is 0. The van der Waals surface area contributed by atoms with Crippen LogP contribution < -0.4 is 0 Å². The number of nitriles is 1. The summed E-state index contributed by atoms with van der Waals surface area (Å²) in [6.07, 6.45) is 0. The van der Waals surface area contributed by atoms with Crippen molar-refractivity contribution in [1.29, 1.82) is 5.26 Å². The van der Waals surface area contributed by atoms with Crippen LogP contribution in [-0.2, 0) is 4.79 Å². The van der Waals surface area contributed by atoms with Crippen molar-refractivity contribution in [2.45, 2.75) is 39.3 Å². The maximum absolute atomic E-state index is 10.9. The average Bonchev–Trinajstić information content (AvgIpc) is 2.04. The van der Waals surface area contributed by atoms with Gasteiger partial charge in [-0.15, -0.1) is 0 Å². The minimum Gasteiger partial charge on any atom is -0.480 e. The van der Waals surface area contributed by atoms with Gasteiger partial charge in [0, 0.05) is 0 Å². The van der Waals surface area contributed by atoms with Crippen molar-refractivity contribution < 1.29 is 9.90 Å². The molecule has 4 heteroatoms. The Balaban J connectivity index is 4.78. The van der Waals surface area contributed by atoms with Gasteiger partial charge in [0.1, 0.15) is 5.54 Å². The zero-order chi connectivity index (χ0) is 10.6. The van der Waals surface area contributed by atoms with Gasteiger partial charge in [-0.25, -0.2) is 0 Å². The van der Waals surface area contributed by atoms with Gasteiger partial charge in [-0.05, 0) is 27.3 Å². The van der Waals surface area contributed by atoms with Crippen molar-refractivity contribution >= 4 is 5.97 Å². The van der Waals surface area contributed by atoms with Gasteiger partial charge < -0.3 is 5.11 Å². The molecule has 74 valence electrons. The Labute approximate surface area is 78.8 Å². The molecular weight excluding hydrogens is 168 g/mol. The third-order valence-electron chi connectivity index (χ3n) is 2.24. The summed E-state index contributed by atoms with van der Waals surface area (Å²) in [7, 11) is 0. The number of rotatable bonds is 4. The maximum atomic E-state index is 10.9. The van der Waals surface area contributed by atoms with Gasteiger partial charge in [0.05, 0.1) is 12.1 Å². The molecule has 0 spiro atoms. The third kappa shape index (κ3) is 2.43. The van der Waals surface area contributed by atoms with Crippen LogP contribution in [0, 0.1) is 11.3 Å². The molecule has 0 aromatic heterocycles. The summed E-state index contributed by atoms with van der Waals surface area (Å²) in [6, 6.07) is 1.66. The largest absolute Gasteiger partial charge is 0.480 e. The Bertz CT molecular complexity index is 230. The molecule has 1 N–H and O–H groups in total. The SMILES string of the molecule is CCN(C(C)C#N)C(C)(C)C(=O)O. The third-order valence-corrected chi connectivity index (χ3v) is 2.24. The first kappa shape index (κ1) is 11.9. The molecule has 0 radical (unpaired) electrons. The van der Waals surface area contributed by atoms with Crippen LogP contribution in [0.1, 0.15) is 27.7 Å². The van der Waals surface area contributed by atoms with Crippen LogP contribution >= 0.6 is 0 Å². The first-order valence-electron chi connectivity index (χ1n) is 4.27. The molecule has 13 heavy (non-hydrogen) atoms. The van der Waals surface area contributed by atoms with Crippen molar-refractivity contribution in [2.24, 2.45) is 0 Å². The summed E-state index contributed by atoms with van der Waals surface area (Å²) >= 11 is 0. The van der Waals surface area contributed by atoms with E-state index < -0.39 is 11.5 Å². The fourth-order valence-electron chi connectivity index (χ4n) is 1.35. The molecule has 4 nitrogen and oxygen atoms in total. The lowest BCUT2D eigenvalue weighted by atomic mass is 10.0. The van der Waals surface area contributed by atoms with Crippen LogP contribution in [0.5, 0.6) is 0 Å². The van der Waals surface area contributed by atoms with E-state index in [0.717, 1.165) is 0 Å². The second-order valence-corrected chi connectivity index (χ2v) is 3.46. The van der Waals surface area contributed by atoms with Gasteiger partial charge in [-0.2, -0.15) is 5.26 Å². The van der Waals surface area contributed by atoms with E-state index in [0.29, 0.717) is 6.54 Å². The molecule has 0 saturated heterocycles. The molecule has 0 bridgehead atoms. The smallest absolute Gasteiger partial charge is 0.323 e. The molecule has 0 fully saturated rings. The summed E-state index contributed by atoms with van der Waals surface area (Å²) in [5.74, 6) is -0.906. The summed E-state index contributed by atoms with van der Waals surface area (Å²) in [5.41, 5.74) is -0.982. The fraction of sp³-hybridized carbons (Fsp3) is 0.778. The topological polar surface area (TPSA) is 64.3 Å². The lowest BCUT2D eigenvalue weighted by molar-refractivity contribution is -0.150. The molecule has 0 saturated carbocycles. The fourth-order valence-corrected chi connectivity index (χ4v) is 1.35. The standard InChI is InChI=1S/C9H16N2O2/c1-5-11(7(2)6-10)9(3,4)8(12)13/h7H,5H2,1-4H3,(H,12,13). The quantitative estimate of drug-likeness (QED) is 0.710. The predicted octanol–water partition coefficient (Wildman–Crippen LogP) is 1.08. The molecule has 0 rings (SSSR count). The van der Waals surface area contributed by atoms with E-state index in [1.54, 1.807) is 25.7 Å². The van der Waals surface area contributed by atoms with Crippen LogP contribution in [0.3, 0.4) is 0 Å². The van der Waals surface area contributed by atoms with Crippen molar-refractivity contribution in [3.05, 3.63) is 0 Å². The average molecular weight is 184 g/mol. The molecule has 1 atom stereocenters. The van der Waals surface area contributed by atoms with Crippen molar-refractivity contribution in [2.75, 3.05) is 6.54 Å².